The summed E-state index contributed by atoms with van der Waals surface area (Å²) in [4.78, 5) is 12.4. The summed E-state index contributed by atoms with van der Waals surface area (Å²) < 4.78 is 5.96. The highest BCUT2D eigenvalue weighted by molar-refractivity contribution is 5.74. The first kappa shape index (κ1) is 20.6. The molecule has 1 aliphatic heterocycles. The van der Waals surface area contributed by atoms with Crippen LogP contribution in [0.3, 0.4) is 0 Å². The molecule has 5 nitrogen and oxygen atoms in total. The lowest BCUT2D eigenvalue weighted by molar-refractivity contribution is 0.140. The van der Waals surface area contributed by atoms with Crippen molar-refractivity contribution in [3.05, 3.63) is 29.8 Å². The predicted molar refractivity (Wildman–Crippen MR) is 107 cm³/mol. The third-order valence-electron chi connectivity index (χ3n) is 4.70. The van der Waals surface area contributed by atoms with Gasteiger partial charge in [0.2, 0.25) is 0 Å². The second-order valence-corrected chi connectivity index (χ2v) is 9.07. The largest absolute Gasteiger partial charge is 0.471 e. The van der Waals surface area contributed by atoms with Gasteiger partial charge in [0.1, 0.15) is 5.75 Å². The lowest BCUT2D eigenvalue weighted by atomic mass is 9.80. The van der Waals surface area contributed by atoms with Gasteiger partial charge in [0.05, 0.1) is 0 Å². The summed E-state index contributed by atoms with van der Waals surface area (Å²) in [5, 5.41) is 9.65. The lowest BCUT2D eigenvalue weighted by Crippen LogP contribution is -2.63. The summed E-state index contributed by atoms with van der Waals surface area (Å²) in [6.45, 7) is 14.8. The maximum Gasteiger partial charge on any atom is 0.317 e. The van der Waals surface area contributed by atoms with Crippen molar-refractivity contribution in [2.24, 2.45) is 0 Å². The van der Waals surface area contributed by atoms with Crippen molar-refractivity contribution in [2.75, 3.05) is 0 Å². The molecule has 1 aliphatic rings. The molecule has 0 aromatic heterocycles. The normalized spacial score (nSPS) is 20.5. The van der Waals surface area contributed by atoms with Gasteiger partial charge in [-0.3, -0.25) is 0 Å². The van der Waals surface area contributed by atoms with Crippen LogP contribution in [0.1, 0.15) is 72.8 Å². The number of nitrogens with one attached hydrogen (secondary N) is 3. The van der Waals surface area contributed by atoms with E-state index in [4.69, 9.17) is 4.74 Å². The van der Waals surface area contributed by atoms with Gasteiger partial charge in [0.25, 0.3) is 0 Å². The Labute approximate surface area is 158 Å². The molecule has 146 valence electrons. The van der Waals surface area contributed by atoms with E-state index in [1.165, 1.54) is 0 Å². The van der Waals surface area contributed by atoms with E-state index >= 15 is 0 Å². The molecule has 1 heterocycles. The van der Waals surface area contributed by atoms with Crippen molar-refractivity contribution < 1.29 is 9.53 Å². The summed E-state index contributed by atoms with van der Waals surface area (Å²) >= 11 is 0. The number of rotatable bonds is 5. The fourth-order valence-electron chi connectivity index (χ4n) is 4.12. The van der Waals surface area contributed by atoms with Crippen LogP contribution in [0.4, 0.5) is 4.79 Å². The monoisotopic (exact) mass is 361 g/mol. The van der Waals surface area contributed by atoms with Crippen LogP contribution in [0.2, 0.25) is 0 Å². The third-order valence-corrected chi connectivity index (χ3v) is 4.70. The van der Waals surface area contributed by atoms with Crippen LogP contribution in [-0.2, 0) is 0 Å². The third kappa shape index (κ3) is 5.90. The second-order valence-electron chi connectivity index (χ2n) is 9.07. The van der Waals surface area contributed by atoms with E-state index < -0.39 is 6.23 Å². The van der Waals surface area contributed by atoms with Gasteiger partial charge in [-0.05, 0) is 65.0 Å². The van der Waals surface area contributed by atoms with Crippen molar-refractivity contribution in [3.63, 3.8) is 0 Å². The van der Waals surface area contributed by atoms with Crippen LogP contribution in [0.5, 0.6) is 5.75 Å². The fourth-order valence-corrected chi connectivity index (χ4v) is 4.12. The maximum absolute atomic E-state index is 12.4. The molecule has 2 amide bonds. The standard InChI is InChI=1S/C21H35N3O2/c1-14(2)17-10-8-9-11-18(17)26-15(3)22-19(25)23-16-12-20(4,5)24-21(6,7)13-16/h8-11,14-16,24H,12-13H2,1-7H3,(H2,22,23,25). The van der Waals surface area contributed by atoms with Gasteiger partial charge in [-0.25, -0.2) is 4.79 Å². The summed E-state index contributed by atoms with van der Waals surface area (Å²) in [7, 11) is 0. The number of hydrogen-bond acceptors (Lipinski definition) is 3. The molecule has 0 aliphatic carbocycles. The smallest absolute Gasteiger partial charge is 0.317 e. The molecule has 3 N–H and O–H groups in total. The van der Waals surface area contributed by atoms with Crippen molar-refractivity contribution in [1.82, 2.24) is 16.0 Å². The molecule has 1 fully saturated rings. The molecule has 0 saturated carbocycles. The maximum atomic E-state index is 12.4. The second kappa shape index (κ2) is 7.87. The quantitative estimate of drug-likeness (QED) is 0.691. The molecular weight excluding hydrogens is 326 g/mol. The van der Waals surface area contributed by atoms with Crippen molar-refractivity contribution in [2.45, 2.75) is 90.6 Å². The lowest BCUT2D eigenvalue weighted by Gasteiger charge is -2.46. The SMILES string of the molecule is CC(NC(=O)NC1CC(C)(C)NC(C)(C)C1)Oc1ccccc1C(C)C. The molecule has 26 heavy (non-hydrogen) atoms. The van der Waals surface area contributed by atoms with Crippen LogP contribution in [-0.4, -0.2) is 29.4 Å². The first-order chi connectivity index (χ1) is 12.0. The first-order valence-electron chi connectivity index (χ1n) is 9.59. The molecule has 2 rings (SSSR count). The van der Waals surface area contributed by atoms with Crippen LogP contribution >= 0.6 is 0 Å². The Morgan fingerprint density at radius 1 is 1.12 bits per heavy atom. The number of carbonyl (C=O) groups is 1. The van der Waals surface area contributed by atoms with Gasteiger partial charge in [0.15, 0.2) is 6.23 Å². The number of benzene rings is 1. The number of ether oxygens (including phenoxy) is 1. The number of urea groups is 1. The summed E-state index contributed by atoms with van der Waals surface area (Å²) in [6.07, 6.45) is 1.39. The number of para-hydroxylation sites is 1. The Hall–Kier alpha value is -1.75. The Morgan fingerprint density at radius 2 is 1.69 bits per heavy atom. The molecule has 0 radical (unpaired) electrons. The minimum atomic E-state index is -0.405. The van der Waals surface area contributed by atoms with E-state index in [-0.39, 0.29) is 23.2 Å². The van der Waals surface area contributed by atoms with Crippen molar-refractivity contribution >= 4 is 6.03 Å². The van der Waals surface area contributed by atoms with Crippen LogP contribution in [0.25, 0.3) is 0 Å². The number of carbonyl (C=O) groups excluding carboxylic acids is 1. The Balaban J connectivity index is 1.92. The highest BCUT2D eigenvalue weighted by Gasteiger charge is 2.38. The van der Waals surface area contributed by atoms with Crippen LogP contribution in [0.15, 0.2) is 24.3 Å². The Morgan fingerprint density at radius 3 is 2.27 bits per heavy atom. The van der Waals surface area contributed by atoms with Gasteiger partial charge in [-0.1, -0.05) is 32.0 Å². The number of amides is 2. The van der Waals surface area contributed by atoms with E-state index in [0.717, 1.165) is 24.2 Å². The average molecular weight is 362 g/mol. The van der Waals surface area contributed by atoms with E-state index in [1.54, 1.807) is 0 Å². The van der Waals surface area contributed by atoms with Gasteiger partial charge < -0.3 is 20.7 Å². The van der Waals surface area contributed by atoms with E-state index in [1.807, 2.05) is 25.1 Å². The van der Waals surface area contributed by atoms with Crippen molar-refractivity contribution in [1.29, 1.82) is 0 Å². The molecule has 0 spiro atoms. The summed E-state index contributed by atoms with van der Waals surface area (Å²) in [5.74, 6) is 1.19. The molecule has 1 atom stereocenters. The van der Waals surface area contributed by atoms with Crippen LogP contribution < -0.4 is 20.7 Å². The zero-order chi connectivity index (χ0) is 19.5. The zero-order valence-corrected chi connectivity index (χ0v) is 17.3. The average Bonchev–Trinajstić information content (AvgIpc) is 2.43. The minimum Gasteiger partial charge on any atom is -0.471 e. The van der Waals surface area contributed by atoms with Gasteiger partial charge in [-0.2, -0.15) is 0 Å². The first-order valence-corrected chi connectivity index (χ1v) is 9.59. The van der Waals surface area contributed by atoms with Crippen molar-refractivity contribution in [3.8, 4) is 5.75 Å². The molecule has 0 bridgehead atoms. The fraction of sp³-hybridized carbons (Fsp3) is 0.667. The predicted octanol–water partition coefficient (Wildman–Crippen LogP) is 4.14. The van der Waals surface area contributed by atoms with Crippen LogP contribution in [0, 0.1) is 0 Å². The molecular formula is C21H35N3O2. The summed E-state index contributed by atoms with van der Waals surface area (Å²) in [5.41, 5.74) is 1.14. The highest BCUT2D eigenvalue weighted by atomic mass is 16.5. The highest BCUT2D eigenvalue weighted by Crippen LogP contribution is 2.29. The molecule has 5 heteroatoms. The van der Waals surface area contributed by atoms with E-state index in [9.17, 15) is 4.79 Å². The molecule has 1 saturated heterocycles. The van der Waals surface area contributed by atoms with Gasteiger partial charge >= 0.3 is 6.03 Å². The molecule has 1 aromatic rings. The molecule has 1 unspecified atom stereocenters. The number of piperidine rings is 1. The minimum absolute atomic E-state index is 0.00197. The van der Waals surface area contributed by atoms with Gasteiger partial charge in [-0.15, -0.1) is 0 Å². The number of hydrogen-bond donors (Lipinski definition) is 3. The van der Waals surface area contributed by atoms with E-state index in [2.05, 4.69) is 63.6 Å². The Bertz CT molecular complexity index is 609. The van der Waals surface area contributed by atoms with E-state index in [0.29, 0.717) is 5.92 Å². The summed E-state index contributed by atoms with van der Waals surface area (Å²) in [6, 6.07) is 7.92. The molecule has 1 aromatic carbocycles. The van der Waals surface area contributed by atoms with Gasteiger partial charge in [0, 0.05) is 17.1 Å². The topological polar surface area (TPSA) is 62.4 Å². The Kier molecular flexibility index (Phi) is 6.22. The zero-order valence-electron chi connectivity index (χ0n) is 17.3.